The van der Waals surface area contributed by atoms with E-state index >= 15 is 0 Å². The van der Waals surface area contributed by atoms with Gasteiger partial charge in [-0.3, -0.25) is 4.79 Å². The van der Waals surface area contributed by atoms with Crippen molar-refractivity contribution in [3.63, 3.8) is 0 Å². The van der Waals surface area contributed by atoms with Crippen LogP contribution in [0.2, 0.25) is 0 Å². The molecule has 0 fully saturated rings. The third-order valence-corrected chi connectivity index (χ3v) is 6.09. The van der Waals surface area contributed by atoms with Crippen LogP contribution in [-0.4, -0.2) is 30.2 Å². The molecule has 1 aromatic carbocycles. The van der Waals surface area contributed by atoms with Crippen molar-refractivity contribution < 1.29 is 17.4 Å². The molecule has 3 rings (SSSR count). The zero-order valence-electron chi connectivity index (χ0n) is 17.4. The number of ketones is 1. The lowest BCUT2D eigenvalue weighted by Crippen LogP contribution is -2.27. The zero-order valence-corrected chi connectivity index (χ0v) is 18.2. The van der Waals surface area contributed by atoms with Crippen LogP contribution in [-0.2, 0) is 28.5 Å². The summed E-state index contributed by atoms with van der Waals surface area (Å²) in [6.07, 6.45) is 5.60. The molecule has 1 aliphatic rings. The molecule has 0 bridgehead atoms. The smallest absolute Gasteiger partial charge is 0.307 e. The van der Waals surface area contributed by atoms with Crippen molar-refractivity contribution in [3.05, 3.63) is 45.6 Å². The van der Waals surface area contributed by atoms with E-state index in [0.717, 1.165) is 36.6 Å². The minimum absolute atomic E-state index is 0.00158. The van der Waals surface area contributed by atoms with Gasteiger partial charge < -0.3 is 4.18 Å². The van der Waals surface area contributed by atoms with E-state index in [0.29, 0.717) is 12.1 Å². The molecule has 152 valence electrons. The summed E-state index contributed by atoms with van der Waals surface area (Å²) in [4.78, 5) is 13.4. The number of nitrogens with zero attached hydrogens (tertiary/aromatic N) is 2. The number of carbonyl (C=O) groups is 1. The molecular weight excluding hydrogens is 376 g/mol. The number of aryl methyl sites for hydroxylation is 2. The van der Waals surface area contributed by atoms with E-state index in [-0.39, 0.29) is 22.6 Å². The molecule has 0 atom stereocenters. The molecule has 2 aromatic rings. The van der Waals surface area contributed by atoms with E-state index in [1.165, 1.54) is 22.0 Å². The highest BCUT2D eigenvalue weighted by molar-refractivity contribution is 7.86. The molecule has 6 nitrogen and oxygen atoms in total. The highest BCUT2D eigenvalue weighted by atomic mass is 32.2. The second kappa shape index (κ2) is 7.03. The summed E-state index contributed by atoms with van der Waals surface area (Å²) in [5.74, 6) is -0.285. The van der Waals surface area contributed by atoms with Crippen LogP contribution in [0.5, 0.6) is 5.88 Å². The van der Waals surface area contributed by atoms with Crippen molar-refractivity contribution in [2.45, 2.75) is 65.8 Å². The summed E-state index contributed by atoms with van der Waals surface area (Å²) in [6, 6.07) is 1.92. The van der Waals surface area contributed by atoms with E-state index in [2.05, 4.69) is 18.9 Å². The Morgan fingerprint density at radius 3 is 2.57 bits per heavy atom. The summed E-state index contributed by atoms with van der Waals surface area (Å²) in [7, 11) is -3.78. The Kier molecular flexibility index (Phi) is 5.17. The van der Waals surface area contributed by atoms with Crippen LogP contribution in [0.15, 0.2) is 12.3 Å². The number of carbonyl (C=O) groups excluding carboxylic acids is 1. The maximum atomic E-state index is 13.4. The average Bonchev–Trinajstić information content (AvgIpc) is 2.97. The fourth-order valence-electron chi connectivity index (χ4n) is 4.41. The summed E-state index contributed by atoms with van der Waals surface area (Å²) in [6.45, 7) is 10.7. The number of hydrogen-bond donors (Lipinski definition) is 0. The van der Waals surface area contributed by atoms with Crippen molar-refractivity contribution in [3.8, 4) is 5.88 Å². The van der Waals surface area contributed by atoms with Gasteiger partial charge in [0, 0.05) is 12.1 Å². The Balaban J connectivity index is 2.18. The molecule has 0 aliphatic heterocycles. The predicted molar refractivity (Wildman–Crippen MR) is 109 cm³/mol. The topological polar surface area (TPSA) is 78.3 Å². The van der Waals surface area contributed by atoms with Gasteiger partial charge >= 0.3 is 10.1 Å². The molecular formula is C21H28N2O4S. The second-order valence-electron chi connectivity index (χ2n) is 8.25. The van der Waals surface area contributed by atoms with Crippen LogP contribution >= 0.6 is 0 Å². The van der Waals surface area contributed by atoms with Crippen LogP contribution in [0.1, 0.15) is 71.8 Å². The molecule has 1 heterocycles. The van der Waals surface area contributed by atoms with E-state index in [4.69, 9.17) is 4.18 Å². The molecule has 0 saturated heterocycles. The maximum absolute atomic E-state index is 13.4. The molecule has 1 aromatic heterocycles. The summed E-state index contributed by atoms with van der Waals surface area (Å²) in [5.41, 5.74) is 5.40. The maximum Gasteiger partial charge on any atom is 0.307 e. The van der Waals surface area contributed by atoms with Crippen molar-refractivity contribution >= 4 is 15.9 Å². The molecule has 7 heteroatoms. The van der Waals surface area contributed by atoms with Crippen molar-refractivity contribution in [1.82, 2.24) is 9.78 Å². The first-order chi connectivity index (χ1) is 13.0. The van der Waals surface area contributed by atoms with Crippen LogP contribution in [0.3, 0.4) is 0 Å². The van der Waals surface area contributed by atoms with Gasteiger partial charge in [0.25, 0.3) is 0 Å². The van der Waals surface area contributed by atoms with E-state index in [9.17, 15) is 13.2 Å². The highest BCUT2D eigenvalue weighted by Crippen LogP contribution is 2.42. The number of aromatic nitrogens is 2. The minimum atomic E-state index is -3.78. The standard InChI is InChI=1S/C21H28N2O4S/c1-7-23-20(27-28(6,25)26)17(12-22-23)19(24)16-11-13(2)15-9-8-10-21(4,5)18(15)14(16)3/h11-12H,7-10H2,1-6H3. The van der Waals surface area contributed by atoms with Gasteiger partial charge in [-0.15, -0.1) is 0 Å². The first-order valence-electron chi connectivity index (χ1n) is 9.59. The van der Waals surface area contributed by atoms with E-state index in [1.807, 2.05) is 26.8 Å². The van der Waals surface area contributed by atoms with Gasteiger partial charge in [-0.2, -0.15) is 13.5 Å². The molecule has 0 N–H and O–H groups in total. The van der Waals surface area contributed by atoms with Crippen LogP contribution < -0.4 is 4.18 Å². The Hall–Kier alpha value is -2.15. The first-order valence-corrected chi connectivity index (χ1v) is 11.4. The Bertz CT molecular complexity index is 1050. The number of hydrogen-bond acceptors (Lipinski definition) is 5. The molecule has 0 radical (unpaired) electrons. The third kappa shape index (κ3) is 3.60. The largest absolute Gasteiger partial charge is 0.361 e. The summed E-state index contributed by atoms with van der Waals surface area (Å²) >= 11 is 0. The van der Waals surface area contributed by atoms with E-state index in [1.54, 1.807) is 0 Å². The molecule has 1 aliphatic carbocycles. The Labute approximate surface area is 167 Å². The normalized spacial score (nSPS) is 15.9. The lowest BCUT2D eigenvalue weighted by atomic mass is 9.68. The molecule has 0 amide bonds. The van der Waals surface area contributed by atoms with Gasteiger partial charge in [0.1, 0.15) is 5.56 Å². The van der Waals surface area contributed by atoms with Crippen LogP contribution in [0.25, 0.3) is 0 Å². The second-order valence-corrected chi connectivity index (χ2v) is 9.83. The summed E-state index contributed by atoms with van der Waals surface area (Å²) < 4.78 is 29.9. The van der Waals surface area contributed by atoms with Crippen LogP contribution in [0.4, 0.5) is 0 Å². The highest BCUT2D eigenvalue weighted by Gasteiger charge is 2.33. The molecule has 0 spiro atoms. The van der Waals surface area contributed by atoms with Gasteiger partial charge in [0.2, 0.25) is 5.88 Å². The van der Waals surface area contributed by atoms with Crippen molar-refractivity contribution in [2.24, 2.45) is 0 Å². The monoisotopic (exact) mass is 404 g/mol. The average molecular weight is 405 g/mol. The quantitative estimate of drug-likeness (QED) is 0.561. The van der Waals surface area contributed by atoms with Crippen molar-refractivity contribution in [2.75, 3.05) is 6.26 Å². The van der Waals surface area contributed by atoms with Crippen LogP contribution in [0, 0.1) is 13.8 Å². The number of rotatable bonds is 5. The number of benzene rings is 1. The SMILES string of the molecule is CCn1ncc(C(=O)c2cc(C)c3c(c2C)C(C)(C)CCC3)c1OS(C)(=O)=O. The van der Waals surface area contributed by atoms with Gasteiger partial charge in [0.15, 0.2) is 5.78 Å². The van der Waals surface area contributed by atoms with E-state index < -0.39 is 10.1 Å². The first kappa shape index (κ1) is 20.6. The molecule has 0 saturated carbocycles. The fraction of sp³-hybridized carbons (Fsp3) is 0.524. The predicted octanol–water partition coefficient (Wildman–Crippen LogP) is 3.70. The zero-order chi connectivity index (χ0) is 20.9. The number of fused-ring (bicyclic) bond motifs is 1. The van der Waals surface area contributed by atoms with Gasteiger partial charge in [-0.25, -0.2) is 4.68 Å². The lowest BCUT2D eigenvalue weighted by Gasteiger charge is -2.36. The Morgan fingerprint density at radius 1 is 1.29 bits per heavy atom. The third-order valence-electron chi connectivity index (χ3n) is 5.63. The minimum Gasteiger partial charge on any atom is -0.361 e. The fourth-order valence-corrected chi connectivity index (χ4v) is 4.87. The van der Waals surface area contributed by atoms with Gasteiger partial charge in [0.05, 0.1) is 12.5 Å². The summed E-state index contributed by atoms with van der Waals surface area (Å²) in [5, 5.41) is 4.14. The van der Waals surface area contributed by atoms with Crippen molar-refractivity contribution in [1.29, 1.82) is 0 Å². The van der Waals surface area contributed by atoms with Gasteiger partial charge in [-0.05, 0) is 73.8 Å². The molecule has 28 heavy (non-hydrogen) atoms. The van der Waals surface area contributed by atoms with Gasteiger partial charge in [-0.1, -0.05) is 13.8 Å². The lowest BCUT2D eigenvalue weighted by molar-refractivity contribution is 0.103. The Morgan fingerprint density at radius 2 is 1.96 bits per heavy atom. The molecule has 0 unspecified atom stereocenters.